The molecule has 4 atom stereocenters. The number of β-amino-alcohol motifs (C(OH)–C–C–N with tert-alkyl or cyclic N) is 1. The number of aliphatic hydroxyl groups excluding tert-OH is 1. The molecule has 4 aromatic rings. The maximum atomic E-state index is 17.2. The van der Waals surface area contributed by atoms with Gasteiger partial charge in [-0.1, -0.05) is 19.4 Å². The van der Waals surface area contributed by atoms with Crippen LogP contribution in [0.15, 0.2) is 30.5 Å². The van der Waals surface area contributed by atoms with Gasteiger partial charge in [0.2, 0.25) is 0 Å². The fourth-order valence-electron chi connectivity index (χ4n) is 10.3. The molecule has 0 amide bonds. The summed E-state index contributed by atoms with van der Waals surface area (Å²) in [7, 11) is 0. The van der Waals surface area contributed by atoms with Crippen LogP contribution < -0.4 is 10.1 Å². The zero-order chi connectivity index (χ0) is 37.5. The van der Waals surface area contributed by atoms with Gasteiger partial charge in [0.05, 0.1) is 44.3 Å². The molecule has 0 radical (unpaired) electrons. The van der Waals surface area contributed by atoms with E-state index in [1.807, 2.05) is 6.92 Å². The van der Waals surface area contributed by atoms with Crippen molar-refractivity contribution < 1.29 is 38.3 Å². The molecule has 3 saturated heterocycles. The number of nitrogens with zero attached hydrogens (tertiary/aromatic N) is 4. The molecule has 4 N–H and O–H groups in total. The number of pyridine rings is 1. The van der Waals surface area contributed by atoms with Crippen LogP contribution in [0.5, 0.6) is 11.8 Å². The average Bonchev–Trinajstić information content (AvgIpc) is 3.49. The minimum absolute atomic E-state index is 0.0478. The van der Waals surface area contributed by atoms with E-state index < -0.39 is 29.4 Å². The summed E-state index contributed by atoms with van der Waals surface area (Å²) >= 11 is 0. The first-order valence-electron chi connectivity index (χ1n) is 19.4. The van der Waals surface area contributed by atoms with Crippen molar-refractivity contribution in [2.75, 3.05) is 52.7 Å². The highest BCUT2D eigenvalue weighted by Crippen LogP contribution is 2.55. The van der Waals surface area contributed by atoms with E-state index in [-0.39, 0.29) is 64.7 Å². The summed E-state index contributed by atoms with van der Waals surface area (Å²) in [4.78, 5) is 16.8. The number of piperidine rings is 1. The molecule has 54 heavy (non-hydrogen) atoms. The van der Waals surface area contributed by atoms with Gasteiger partial charge in [-0.2, -0.15) is 9.97 Å². The molecule has 13 heteroatoms. The Balaban J connectivity index is 1.14. The Morgan fingerprint density at radius 3 is 2.65 bits per heavy atom. The number of halogens is 2. The van der Waals surface area contributed by atoms with Gasteiger partial charge in [0.15, 0.2) is 5.82 Å². The second-order valence-corrected chi connectivity index (χ2v) is 17.0. The summed E-state index contributed by atoms with van der Waals surface area (Å²) in [5, 5.41) is 36.9. The SMILES string of the molecule is CCc1c(F)ccc2cc(O)cc(-c3ncc4c(C5(CO)CNCC(C)(O)CO5)nc(OC[C@]56CCC[C@H]5N(C5CC7(COC7)C5)CCC6)nc4c3F)c12. The van der Waals surface area contributed by atoms with Gasteiger partial charge in [0.1, 0.15) is 28.4 Å². The molecule has 9 rings (SSSR count). The quantitative estimate of drug-likeness (QED) is 0.191. The van der Waals surface area contributed by atoms with Crippen LogP contribution in [-0.4, -0.2) is 106 Å². The number of phenols is 1. The minimum atomic E-state index is -1.49. The van der Waals surface area contributed by atoms with Gasteiger partial charge in [-0.15, -0.1) is 0 Å². The first kappa shape index (κ1) is 36.1. The summed E-state index contributed by atoms with van der Waals surface area (Å²) in [6.07, 6.45) is 9.43. The average molecular weight is 746 g/mol. The van der Waals surface area contributed by atoms with E-state index in [2.05, 4.69) is 15.2 Å². The Kier molecular flexibility index (Phi) is 8.86. The van der Waals surface area contributed by atoms with Crippen molar-refractivity contribution in [2.45, 2.75) is 88.5 Å². The van der Waals surface area contributed by atoms with Gasteiger partial charge < -0.3 is 34.8 Å². The summed E-state index contributed by atoms with van der Waals surface area (Å²) in [6, 6.07) is 6.69. The molecule has 1 spiro atoms. The first-order chi connectivity index (χ1) is 26.0. The van der Waals surface area contributed by atoms with Gasteiger partial charge in [-0.3, -0.25) is 9.88 Å². The number of phenolic OH excluding ortho intramolecular Hbond substituents is 1. The van der Waals surface area contributed by atoms with Crippen LogP contribution in [0, 0.1) is 22.5 Å². The third kappa shape index (κ3) is 5.85. The summed E-state index contributed by atoms with van der Waals surface area (Å²) in [5.41, 5.74) is -1.89. The fraction of sp³-hybridized carbons (Fsp3) is 0.585. The highest BCUT2D eigenvalue weighted by molar-refractivity contribution is 6.01. The van der Waals surface area contributed by atoms with Crippen molar-refractivity contribution in [3.05, 3.63) is 53.4 Å². The van der Waals surface area contributed by atoms with Crippen molar-refractivity contribution >= 4 is 21.7 Å². The Labute approximate surface area is 313 Å². The van der Waals surface area contributed by atoms with E-state index in [4.69, 9.17) is 24.2 Å². The van der Waals surface area contributed by atoms with E-state index in [1.54, 1.807) is 13.0 Å². The Morgan fingerprint density at radius 1 is 1.07 bits per heavy atom. The van der Waals surface area contributed by atoms with E-state index in [9.17, 15) is 15.3 Å². The lowest BCUT2D eigenvalue weighted by Gasteiger charge is -2.60. The predicted molar refractivity (Wildman–Crippen MR) is 197 cm³/mol. The highest BCUT2D eigenvalue weighted by Gasteiger charge is 2.57. The summed E-state index contributed by atoms with van der Waals surface area (Å²) in [6.45, 7) is 6.25. The van der Waals surface area contributed by atoms with Gasteiger partial charge in [-0.05, 0) is 92.9 Å². The number of aliphatic hydroxyl groups is 2. The van der Waals surface area contributed by atoms with E-state index in [0.717, 1.165) is 51.9 Å². The van der Waals surface area contributed by atoms with Crippen LogP contribution in [0.2, 0.25) is 0 Å². The molecule has 2 saturated carbocycles. The normalized spacial score (nSPS) is 29.9. The molecule has 3 aliphatic heterocycles. The van der Waals surface area contributed by atoms with Crippen molar-refractivity contribution in [3.8, 4) is 23.0 Å². The Bertz CT molecular complexity index is 2110. The lowest BCUT2D eigenvalue weighted by Crippen LogP contribution is -2.64. The van der Waals surface area contributed by atoms with E-state index >= 15 is 8.78 Å². The molecular formula is C41H49F2N5O6. The molecular weight excluding hydrogens is 696 g/mol. The number of fused-ring (bicyclic) bond motifs is 3. The van der Waals surface area contributed by atoms with E-state index in [0.29, 0.717) is 46.9 Å². The van der Waals surface area contributed by atoms with Crippen molar-refractivity contribution in [1.29, 1.82) is 0 Å². The predicted octanol–water partition coefficient (Wildman–Crippen LogP) is 5.14. The van der Waals surface area contributed by atoms with Gasteiger partial charge in [0, 0.05) is 53.1 Å². The molecule has 2 aliphatic carbocycles. The lowest BCUT2D eigenvalue weighted by atomic mass is 9.62. The number of nitrogens with one attached hydrogen (secondary N) is 1. The molecule has 2 unspecified atom stereocenters. The van der Waals surface area contributed by atoms with Crippen LogP contribution in [0.1, 0.15) is 70.1 Å². The third-order valence-corrected chi connectivity index (χ3v) is 13.1. The largest absolute Gasteiger partial charge is 0.508 e. The van der Waals surface area contributed by atoms with Crippen LogP contribution in [-0.2, 0) is 21.5 Å². The first-order valence-corrected chi connectivity index (χ1v) is 19.4. The smallest absolute Gasteiger partial charge is 0.317 e. The Morgan fingerprint density at radius 2 is 1.89 bits per heavy atom. The molecule has 2 aromatic heterocycles. The zero-order valence-corrected chi connectivity index (χ0v) is 31.0. The number of likely N-dealkylation sites (tertiary alicyclic amines) is 1. The van der Waals surface area contributed by atoms with Gasteiger partial charge in [-0.25, -0.2) is 8.78 Å². The maximum Gasteiger partial charge on any atom is 0.317 e. The van der Waals surface area contributed by atoms with Crippen molar-refractivity contribution in [1.82, 2.24) is 25.2 Å². The van der Waals surface area contributed by atoms with Crippen LogP contribution >= 0.6 is 0 Å². The monoisotopic (exact) mass is 745 g/mol. The fourth-order valence-corrected chi connectivity index (χ4v) is 10.3. The number of benzene rings is 2. The molecule has 11 nitrogen and oxygen atoms in total. The molecule has 5 heterocycles. The molecule has 2 aromatic carbocycles. The number of aromatic hydroxyl groups is 1. The number of rotatable bonds is 8. The Hall–Kier alpha value is -3.59. The van der Waals surface area contributed by atoms with Crippen LogP contribution in [0.25, 0.3) is 32.9 Å². The summed E-state index contributed by atoms with van der Waals surface area (Å²) in [5.74, 6) is -1.36. The molecule has 5 fully saturated rings. The van der Waals surface area contributed by atoms with Crippen LogP contribution in [0.3, 0.4) is 0 Å². The molecule has 5 aliphatic rings. The van der Waals surface area contributed by atoms with Gasteiger partial charge in [0.25, 0.3) is 0 Å². The minimum Gasteiger partial charge on any atom is -0.508 e. The highest BCUT2D eigenvalue weighted by atomic mass is 19.1. The van der Waals surface area contributed by atoms with E-state index in [1.165, 1.54) is 37.2 Å². The lowest BCUT2D eigenvalue weighted by molar-refractivity contribution is -0.196. The number of aryl methyl sites for hydroxylation is 1. The molecule has 0 bridgehead atoms. The standard InChI is InChI=1S/C41H49F2N5O6/c1-3-27-30(42)8-7-24-12-26(50)13-28(32(24)27)34-33(43)35-29(16-45-34)36(41(19-49)18-44-17-38(2,51)20-54-41)47-37(46-35)53-23-40-9-4-6-31(40)48(11-5-10-40)25-14-39(15-25)21-52-22-39/h7-8,12-13,16,25,31,44,49-51H,3-6,9-11,14-15,17-23H2,1-2H3/t31-,38?,40-,41?/m1/s1. The number of hydrogen-bond donors (Lipinski definition) is 4. The number of ether oxygens (including phenoxy) is 3. The van der Waals surface area contributed by atoms with Crippen LogP contribution in [0.4, 0.5) is 8.78 Å². The number of aromatic nitrogens is 3. The topological polar surface area (TPSA) is 142 Å². The maximum absolute atomic E-state index is 17.2. The second-order valence-electron chi connectivity index (χ2n) is 17.0. The third-order valence-electron chi connectivity index (χ3n) is 13.1. The van der Waals surface area contributed by atoms with Crippen molar-refractivity contribution in [3.63, 3.8) is 0 Å². The summed E-state index contributed by atoms with van der Waals surface area (Å²) < 4.78 is 50.8. The van der Waals surface area contributed by atoms with Crippen molar-refractivity contribution in [2.24, 2.45) is 10.8 Å². The number of hydrogen-bond acceptors (Lipinski definition) is 11. The second kappa shape index (κ2) is 13.3. The zero-order valence-electron chi connectivity index (χ0n) is 31.0. The van der Waals surface area contributed by atoms with Gasteiger partial charge >= 0.3 is 6.01 Å². The molecule has 288 valence electrons.